The van der Waals surface area contributed by atoms with Crippen LogP contribution in [0, 0.1) is 3.57 Å². The summed E-state index contributed by atoms with van der Waals surface area (Å²) in [6.07, 6.45) is 1.68. The van der Waals surface area contributed by atoms with Crippen LogP contribution in [0.1, 0.15) is 5.69 Å². The van der Waals surface area contributed by atoms with E-state index in [1.165, 1.54) is 0 Å². The Balaban J connectivity index is 2.02. The molecule has 0 saturated heterocycles. The Morgan fingerprint density at radius 2 is 2.12 bits per heavy atom. The summed E-state index contributed by atoms with van der Waals surface area (Å²) in [7, 11) is 0. The smallest absolute Gasteiger partial charge is 0.130 e. The Bertz CT molecular complexity index is 444. The van der Waals surface area contributed by atoms with Crippen LogP contribution in [0.25, 0.3) is 0 Å². The maximum Gasteiger partial charge on any atom is 0.130 e. The van der Waals surface area contributed by atoms with Gasteiger partial charge in [0.15, 0.2) is 0 Å². The first-order valence-corrected chi connectivity index (χ1v) is 6.18. The Hall–Kier alpha value is -0.810. The van der Waals surface area contributed by atoms with Crippen molar-refractivity contribution in [3.8, 4) is 5.75 Å². The van der Waals surface area contributed by atoms with Gasteiger partial charge in [-0.15, -0.1) is 0 Å². The van der Waals surface area contributed by atoms with E-state index >= 15 is 0 Å². The number of benzene rings is 1. The Kier molecular flexibility index (Phi) is 4.01. The average Bonchev–Trinajstić information content (AvgIpc) is 2.27. The van der Waals surface area contributed by atoms with E-state index in [9.17, 15) is 0 Å². The number of pyridine rings is 1. The minimum atomic E-state index is 0.431. The molecule has 0 aliphatic carbocycles. The highest BCUT2D eigenvalue weighted by molar-refractivity contribution is 14.1. The molecule has 2 rings (SSSR count). The fraction of sp³-hybridized carbons (Fsp3) is 0.0833. The number of ether oxygens (including phenoxy) is 1. The zero-order chi connectivity index (χ0) is 11.4. The molecular formula is C12H9ClINO. The van der Waals surface area contributed by atoms with Gasteiger partial charge in [0, 0.05) is 14.8 Å². The summed E-state index contributed by atoms with van der Waals surface area (Å²) >= 11 is 8.10. The topological polar surface area (TPSA) is 22.1 Å². The standard InChI is InChI=1S/C12H9ClINO/c13-9-4-5-15-11(6-9)8-16-12-3-1-2-10(14)7-12/h1-7H,8H2. The Morgan fingerprint density at radius 3 is 2.88 bits per heavy atom. The molecule has 4 heteroatoms. The molecule has 0 bridgehead atoms. The molecule has 2 aromatic rings. The Morgan fingerprint density at radius 1 is 1.25 bits per heavy atom. The van der Waals surface area contributed by atoms with Gasteiger partial charge < -0.3 is 4.74 Å². The second-order valence-corrected chi connectivity index (χ2v) is 4.89. The van der Waals surface area contributed by atoms with Crippen LogP contribution >= 0.6 is 34.2 Å². The van der Waals surface area contributed by atoms with Crippen LogP contribution in [0.2, 0.25) is 5.02 Å². The molecule has 0 spiro atoms. The summed E-state index contributed by atoms with van der Waals surface area (Å²) in [5, 5.41) is 0.677. The van der Waals surface area contributed by atoms with Gasteiger partial charge in [-0.3, -0.25) is 4.98 Å². The maximum atomic E-state index is 5.86. The molecule has 2 nitrogen and oxygen atoms in total. The molecule has 1 heterocycles. The number of hydrogen-bond donors (Lipinski definition) is 0. The lowest BCUT2D eigenvalue weighted by Gasteiger charge is -2.05. The number of aromatic nitrogens is 1. The molecule has 1 aromatic heterocycles. The van der Waals surface area contributed by atoms with Crippen molar-refractivity contribution in [2.45, 2.75) is 6.61 Å². The summed E-state index contributed by atoms with van der Waals surface area (Å²) in [5.74, 6) is 0.841. The fourth-order valence-corrected chi connectivity index (χ4v) is 1.94. The molecule has 0 fully saturated rings. The first kappa shape index (κ1) is 11.7. The third-order valence-corrected chi connectivity index (χ3v) is 2.87. The predicted octanol–water partition coefficient (Wildman–Crippen LogP) is 3.92. The van der Waals surface area contributed by atoms with Crippen molar-refractivity contribution < 1.29 is 4.74 Å². The zero-order valence-electron chi connectivity index (χ0n) is 8.36. The third kappa shape index (κ3) is 3.35. The highest BCUT2D eigenvalue weighted by atomic mass is 127. The van der Waals surface area contributed by atoms with Crippen molar-refractivity contribution in [1.82, 2.24) is 4.98 Å². The SMILES string of the molecule is Clc1ccnc(COc2cccc(I)c2)c1. The maximum absolute atomic E-state index is 5.86. The molecule has 0 N–H and O–H groups in total. The van der Waals surface area contributed by atoms with Gasteiger partial charge >= 0.3 is 0 Å². The van der Waals surface area contributed by atoms with Crippen LogP contribution in [0.5, 0.6) is 5.75 Å². The molecule has 1 aromatic carbocycles. The molecule has 0 amide bonds. The van der Waals surface area contributed by atoms with Crippen molar-refractivity contribution >= 4 is 34.2 Å². The predicted molar refractivity (Wildman–Crippen MR) is 72.7 cm³/mol. The van der Waals surface area contributed by atoms with E-state index < -0.39 is 0 Å². The molecule has 0 saturated carbocycles. The normalized spacial score (nSPS) is 10.1. The summed E-state index contributed by atoms with van der Waals surface area (Å²) in [6, 6.07) is 11.4. The van der Waals surface area contributed by atoms with Gasteiger partial charge in [0.25, 0.3) is 0 Å². The van der Waals surface area contributed by atoms with Crippen LogP contribution in [0.4, 0.5) is 0 Å². The highest BCUT2D eigenvalue weighted by Crippen LogP contribution is 2.16. The van der Waals surface area contributed by atoms with Crippen molar-refractivity contribution in [3.63, 3.8) is 0 Å². The number of rotatable bonds is 3. The number of hydrogen-bond acceptors (Lipinski definition) is 2. The number of nitrogens with zero attached hydrogens (tertiary/aromatic N) is 1. The van der Waals surface area contributed by atoms with E-state index in [-0.39, 0.29) is 0 Å². The van der Waals surface area contributed by atoms with E-state index in [0.29, 0.717) is 11.6 Å². The van der Waals surface area contributed by atoms with Crippen molar-refractivity contribution in [2.75, 3.05) is 0 Å². The summed E-state index contributed by atoms with van der Waals surface area (Å²) < 4.78 is 6.75. The summed E-state index contributed by atoms with van der Waals surface area (Å²) in [6.45, 7) is 0.431. The molecule has 0 aliphatic rings. The van der Waals surface area contributed by atoms with Gasteiger partial charge in [-0.2, -0.15) is 0 Å². The molecule has 0 aliphatic heterocycles. The van der Waals surface area contributed by atoms with E-state index in [2.05, 4.69) is 27.6 Å². The van der Waals surface area contributed by atoms with E-state index in [1.54, 1.807) is 18.3 Å². The van der Waals surface area contributed by atoms with Crippen molar-refractivity contribution in [2.24, 2.45) is 0 Å². The molecule has 0 unspecified atom stereocenters. The first-order chi connectivity index (χ1) is 7.74. The van der Waals surface area contributed by atoms with Crippen LogP contribution in [-0.2, 0) is 6.61 Å². The first-order valence-electron chi connectivity index (χ1n) is 4.73. The lowest BCUT2D eigenvalue weighted by atomic mass is 10.3. The minimum Gasteiger partial charge on any atom is -0.487 e. The molecule has 16 heavy (non-hydrogen) atoms. The number of halogens is 2. The van der Waals surface area contributed by atoms with Gasteiger partial charge in [0.05, 0.1) is 5.69 Å². The lowest BCUT2D eigenvalue weighted by molar-refractivity contribution is 0.301. The highest BCUT2D eigenvalue weighted by Gasteiger charge is 1.98. The molecular weight excluding hydrogens is 336 g/mol. The van der Waals surface area contributed by atoms with Gasteiger partial charge in [0.1, 0.15) is 12.4 Å². The van der Waals surface area contributed by atoms with E-state index in [4.69, 9.17) is 16.3 Å². The Labute approximate surface area is 113 Å². The zero-order valence-corrected chi connectivity index (χ0v) is 11.3. The van der Waals surface area contributed by atoms with Crippen LogP contribution in [-0.4, -0.2) is 4.98 Å². The van der Waals surface area contributed by atoms with Crippen molar-refractivity contribution in [3.05, 3.63) is 56.9 Å². The van der Waals surface area contributed by atoms with Gasteiger partial charge in [0.2, 0.25) is 0 Å². The molecule has 0 atom stereocenters. The fourth-order valence-electron chi connectivity index (χ4n) is 1.24. The monoisotopic (exact) mass is 345 g/mol. The van der Waals surface area contributed by atoms with E-state index in [1.807, 2.05) is 24.3 Å². The van der Waals surface area contributed by atoms with Gasteiger partial charge in [-0.1, -0.05) is 17.7 Å². The summed E-state index contributed by atoms with van der Waals surface area (Å²) in [4.78, 5) is 4.17. The van der Waals surface area contributed by atoms with Crippen LogP contribution < -0.4 is 4.74 Å². The van der Waals surface area contributed by atoms with Gasteiger partial charge in [-0.05, 0) is 52.9 Å². The second-order valence-electron chi connectivity index (χ2n) is 3.21. The minimum absolute atomic E-state index is 0.431. The van der Waals surface area contributed by atoms with Crippen molar-refractivity contribution in [1.29, 1.82) is 0 Å². The van der Waals surface area contributed by atoms with Gasteiger partial charge in [-0.25, -0.2) is 0 Å². The van der Waals surface area contributed by atoms with Crippen LogP contribution in [0.15, 0.2) is 42.6 Å². The van der Waals surface area contributed by atoms with Crippen LogP contribution in [0.3, 0.4) is 0 Å². The third-order valence-electron chi connectivity index (χ3n) is 1.96. The average molecular weight is 346 g/mol. The summed E-state index contributed by atoms with van der Waals surface area (Å²) in [5.41, 5.74) is 0.825. The molecule has 0 radical (unpaired) electrons. The lowest BCUT2D eigenvalue weighted by Crippen LogP contribution is -1.97. The molecule has 82 valence electrons. The second kappa shape index (κ2) is 5.50. The largest absolute Gasteiger partial charge is 0.487 e. The quantitative estimate of drug-likeness (QED) is 0.787. The van der Waals surface area contributed by atoms with E-state index in [0.717, 1.165) is 15.0 Å².